The van der Waals surface area contributed by atoms with Gasteiger partial charge in [-0.25, -0.2) is 12.2 Å². The van der Waals surface area contributed by atoms with E-state index in [1.165, 1.54) is 0 Å². The maximum Gasteiger partial charge on any atom is 0.0402 e. The van der Waals surface area contributed by atoms with E-state index in [4.69, 9.17) is 5.11 Å². The normalized spacial score (nSPS) is 9.64. The van der Waals surface area contributed by atoms with Crippen LogP contribution in [0, 0.1) is 6.08 Å². The van der Waals surface area contributed by atoms with Crippen molar-refractivity contribution in [1.82, 2.24) is 0 Å². The largest absolute Gasteiger partial charge is 0.397 e. The Balaban J connectivity index is -0.0000000379. The molecule has 0 saturated carbocycles. The first-order valence-electron chi connectivity index (χ1n) is 2.74. The van der Waals surface area contributed by atoms with Gasteiger partial charge in [0.2, 0.25) is 0 Å². The molecule has 1 rings (SSSR count). The summed E-state index contributed by atoms with van der Waals surface area (Å²) in [5.41, 5.74) is 0. The van der Waals surface area contributed by atoms with Gasteiger partial charge in [-0.1, -0.05) is 0 Å². The van der Waals surface area contributed by atoms with Gasteiger partial charge in [0.05, 0.1) is 0 Å². The van der Waals surface area contributed by atoms with Crippen LogP contribution < -0.4 is 0 Å². The van der Waals surface area contributed by atoms with E-state index in [-0.39, 0.29) is 53.1 Å². The van der Waals surface area contributed by atoms with Gasteiger partial charge in [0.25, 0.3) is 0 Å². The van der Waals surface area contributed by atoms with Gasteiger partial charge in [0, 0.05) is 28.3 Å². The van der Waals surface area contributed by atoms with E-state index in [2.05, 4.69) is 12.2 Å². The number of hydrogen-bond acceptors (Lipinski definition) is 1. The van der Waals surface area contributed by atoms with Crippen LogP contribution in [0.1, 0.15) is 13.3 Å². The number of halogens is 2. The van der Waals surface area contributed by atoms with Gasteiger partial charge in [-0.3, -0.25) is 6.08 Å². The smallest absolute Gasteiger partial charge is 0.0402 e. The molecule has 0 heterocycles. The van der Waals surface area contributed by atoms with Gasteiger partial charge < -0.3 is 5.11 Å². The maximum atomic E-state index is 7.57. The van der Waals surface area contributed by atoms with Crippen molar-refractivity contribution < 1.29 is 26.8 Å². The summed E-state index contributed by atoms with van der Waals surface area (Å²) < 4.78 is 0. The monoisotopic (exact) mass is 231 g/mol. The molecule has 0 aromatic carbocycles. The molecule has 0 radical (unpaired) electrons. The quantitative estimate of drug-likeness (QED) is 0.501. The Morgan fingerprint density at radius 2 is 1.91 bits per heavy atom. The predicted octanol–water partition coefficient (Wildman–Crippen LogP) is 2.15. The molecular weight excluding hydrogens is 219 g/mol. The number of aliphatic hydroxyl groups is 1. The van der Waals surface area contributed by atoms with Crippen LogP contribution >= 0.6 is 24.8 Å². The Bertz CT molecular complexity index is 84.4. The molecule has 0 aromatic heterocycles. The van der Waals surface area contributed by atoms with Crippen molar-refractivity contribution in [3.05, 3.63) is 24.3 Å². The molecule has 0 bridgehead atoms. The Kier molecular flexibility index (Phi) is 46.1. The molecule has 0 aliphatic heterocycles. The summed E-state index contributed by atoms with van der Waals surface area (Å²) in [5.74, 6) is 0. The maximum absolute atomic E-state index is 7.57. The molecule has 0 saturated heterocycles. The van der Waals surface area contributed by atoms with E-state index in [9.17, 15) is 0 Å². The summed E-state index contributed by atoms with van der Waals surface area (Å²) in [6.07, 6.45) is 10.0. The standard InChI is InChI=1S/C5H5.C2H6O.2ClH.Ti/c1-2-4-5-3-1;1-2-3;;;/h1-3H,4H2;3H,2H2,1H3;2*1H;/q-1;;;;. The molecular formula is C7H13Cl2OTi-. The van der Waals surface area contributed by atoms with Crippen LogP contribution in [0.5, 0.6) is 0 Å². The fourth-order valence-electron chi connectivity index (χ4n) is 0.340. The van der Waals surface area contributed by atoms with Gasteiger partial charge in [-0.2, -0.15) is 6.08 Å². The molecule has 66 valence electrons. The second-order valence-corrected chi connectivity index (χ2v) is 1.32. The van der Waals surface area contributed by atoms with Gasteiger partial charge in [-0.05, 0) is 6.92 Å². The van der Waals surface area contributed by atoms with Crippen molar-refractivity contribution >= 4 is 24.8 Å². The van der Waals surface area contributed by atoms with Crippen molar-refractivity contribution in [3.63, 3.8) is 0 Å². The average molecular weight is 232 g/mol. The Hall–Kier alpha value is 0.734. The number of rotatable bonds is 0. The summed E-state index contributed by atoms with van der Waals surface area (Å²) in [5, 5.41) is 7.57. The molecule has 11 heavy (non-hydrogen) atoms. The van der Waals surface area contributed by atoms with E-state index in [1.54, 1.807) is 6.92 Å². The molecule has 0 spiro atoms. The first kappa shape index (κ1) is 22.6. The van der Waals surface area contributed by atoms with Crippen molar-refractivity contribution in [2.75, 3.05) is 6.61 Å². The zero-order valence-electron chi connectivity index (χ0n) is 6.41. The van der Waals surface area contributed by atoms with Gasteiger partial charge in [-0.15, -0.1) is 31.2 Å². The molecule has 1 N–H and O–H groups in total. The summed E-state index contributed by atoms with van der Waals surface area (Å²) in [6, 6.07) is 0. The van der Waals surface area contributed by atoms with Crippen molar-refractivity contribution in [2.24, 2.45) is 0 Å². The first-order chi connectivity index (χ1) is 3.91. The van der Waals surface area contributed by atoms with Gasteiger partial charge in [0.1, 0.15) is 0 Å². The first-order valence-corrected chi connectivity index (χ1v) is 2.74. The summed E-state index contributed by atoms with van der Waals surface area (Å²) >= 11 is 0. The molecule has 0 atom stereocenters. The van der Waals surface area contributed by atoms with E-state index in [0.717, 1.165) is 6.42 Å². The molecule has 1 aliphatic carbocycles. The van der Waals surface area contributed by atoms with Crippen LogP contribution in [0.25, 0.3) is 0 Å². The Morgan fingerprint density at radius 3 is 2.00 bits per heavy atom. The SMILES string of the molecule is CCO.Cl.Cl.[C-]1=CC=CC1.[Ti]. The van der Waals surface area contributed by atoms with Crippen LogP contribution in [0.15, 0.2) is 18.2 Å². The minimum Gasteiger partial charge on any atom is -0.397 e. The molecule has 4 heteroatoms. The third-order valence-corrected chi connectivity index (χ3v) is 0.586. The number of hydrogen-bond donors (Lipinski definition) is 1. The second kappa shape index (κ2) is 22.4. The molecule has 1 nitrogen and oxygen atoms in total. The fourth-order valence-corrected chi connectivity index (χ4v) is 0.340. The van der Waals surface area contributed by atoms with Gasteiger partial charge in [0.15, 0.2) is 0 Å². The fraction of sp³-hybridized carbons (Fsp3) is 0.429. The molecule has 0 unspecified atom stereocenters. The summed E-state index contributed by atoms with van der Waals surface area (Å²) in [4.78, 5) is 0. The Labute approximate surface area is 95.7 Å². The van der Waals surface area contributed by atoms with Crippen LogP contribution in [-0.2, 0) is 21.7 Å². The minimum absolute atomic E-state index is 0. The molecule has 0 fully saturated rings. The Morgan fingerprint density at radius 1 is 1.45 bits per heavy atom. The number of aliphatic hydroxyl groups excluding tert-OH is 1. The van der Waals surface area contributed by atoms with E-state index in [0.29, 0.717) is 0 Å². The minimum atomic E-state index is 0. The zero-order valence-corrected chi connectivity index (χ0v) is 9.60. The van der Waals surface area contributed by atoms with E-state index >= 15 is 0 Å². The van der Waals surface area contributed by atoms with Crippen LogP contribution in [-0.4, -0.2) is 11.7 Å². The second-order valence-electron chi connectivity index (χ2n) is 1.32. The number of allylic oxidation sites excluding steroid dienone is 4. The van der Waals surface area contributed by atoms with Gasteiger partial charge >= 0.3 is 0 Å². The topological polar surface area (TPSA) is 20.2 Å². The van der Waals surface area contributed by atoms with E-state index < -0.39 is 0 Å². The van der Waals surface area contributed by atoms with Crippen molar-refractivity contribution in [2.45, 2.75) is 13.3 Å². The third-order valence-electron chi connectivity index (χ3n) is 0.586. The summed E-state index contributed by atoms with van der Waals surface area (Å²) in [7, 11) is 0. The average Bonchev–Trinajstić information content (AvgIpc) is 2.17. The van der Waals surface area contributed by atoms with Crippen LogP contribution in [0.4, 0.5) is 0 Å². The van der Waals surface area contributed by atoms with E-state index in [1.807, 2.05) is 12.2 Å². The van der Waals surface area contributed by atoms with Crippen molar-refractivity contribution in [1.29, 1.82) is 0 Å². The molecule has 1 aliphatic rings. The zero-order chi connectivity index (χ0) is 6.24. The van der Waals surface area contributed by atoms with Crippen LogP contribution in [0.3, 0.4) is 0 Å². The van der Waals surface area contributed by atoms with Crippen molar-refractivity contribution in [3.8, 4) is 0 Å². The summed E-state index contributed by atoms with van der Waals surface area (Å²) in [6.45, 7) is 1.93. The predicted molar refractivity (Wildman–Crippen MR) is 48.8 cm³/mol. The molecule has 0 aromatic rings. The molecule has 0 amide bonds. The third kappa shape index (κ3) is 24.9. The van der Waals surface area contributed by atoms with Crippen LogP contribution in [0.2, 0.25) is 0 Å².